The number of anilines is 1. The number of para-hydroxylation sites is 3. The predicted molar refractivity (Wildman–Crippen MR) is 119 cm³/mol. The molecule has 0 saturated carbocycles. The Morgan fingerprint density at radius 1 is 0.967 bits per heavy atom. The number of nitriles is 1. The summed E-state index contributed by atoms with van der Waals surface area (Å²) in [7, 11) is 3.81. The van der Waals surface area contributed by atoms with Gasteiger partial charge in [0.15, 0.2) is 0 Å². The van der Waals surface area contributed by atoms with Crippen LogP contribution in [0.15, 0.2) is 53.3 Å². The summed E-state index contributed by atoms with van der Waals surface area (Å²) in [6.07, 6.45) is 1.87. The molecule has 0 radical (unpaired) electrons. The molecule has 5 rings (SSSR count). The Hall–Kier alpha value is -3.59. The number of rotatable bonds is 2. The van der Waals surface area contributed by atoms with Crippen LogP contribution in [0.25, 0.3) is 21.9 Å². The van der Waals surface area contributed by atoms with E-state index in [9.17, 15) is 10.1 Å². The lowest BCUT2D eigenvalue weighted by molar-refractivity contribution is 0.477. The maximum atomic E-state index is 12.8. The fraction of sp³-hybridized carbons (Fsp3) is 0.292. The lowest BCUT2D eigenvalue weighted by Crippen LogP contribution is -2.36. The van der Waals surface area contributed by atoms with Gasteiger partial charge in [0.2, 0.25) is 0 Å². The minimum Gasteiger partial charge on any atom is -0.370 e. The number of hydrogen-bond donors (Lipinski definition) is 0. The van der Waals surface area contributed by atoms with Gasteiger partial charge in [-0.2, -0.15) is 5.26 Å². The topological polar surface area (TPSA) is 66.8 Å². The second-order valence-corrected chi connectivity index (χ2v) is 8.00. The Balaban J connectivity index is 1.51. The van der Waals surface area contributed by atoms with Crippen LogP contribution in [-0.2, 0) is 14.1 Å². The Kier molecular flexibility index (Phi) is 4.32. The monoisotopic (exact) mass is 397 g/mol. The maximum absolute atomic E-state index is 12.8. The molecule has 2 aromatic heterocycles. The van der Waals surface area contributed by atoms with E-state index in [1.165, 1.54) is 0 Å². The van der Waals surface area contributed by atoms with Crippen molar-refractivity contribution in [3.63, 3.8) is 0 Å². The summed E-state index contributed by atoms with van der Waals surface area (Å²) in [5.41, 5.74) is 3.82. The van der Waals surface area contributed by atoms with Crippen molar-refractivity contribution in [1.82, 2.24) is 14.1 Å². The van der Waals surface area contributed by atoms with Gasteiger partial charge in [-0.25, -0.2) is 4.98 Å². The molecule has 0 atom stereocenters. The second kappa shape index (κ2) is 7.03. The number of benzene rings is 2. The molecule has 1 aliphatic heterocycles. The first-order chi connectivity index (χ1) is 14.6. The summed E-state index contributed by atoms with van der Waals surface area (Å²) in [6, 6.07) is 18.2. The van der Waals surface area contributed by atoms with Gasteiger partial charge in [-0.1, -0.05) is 30.3 Å². The lowest BCUT2D eigenvalue weighted by atomic mass is 9.94. The van der Waals surface area contributed by atoms with E-state index in [1.54, 1.807) is 11.6 Å². The molecule has 3 heterocycles. The first kappa shape index (κ1) is 18.4. The van der Waals surface area contributed by atoms with E-state index >= 15 is 0 Å². The van der Waals surface area contributed by atoms with Crippen LogP contribution in [0, 0.1) is 11.3 Å². The van der Waals surface area contributed by atoms with E-state index in [1.807, 2.05) is 36.4 Å². The van der Waals surface area contributed by atoms with Gasteiger partial charge in [-0.3, -0.25) is 4.79 Å². The van der Waals surface area contributed by atoms with Crippen LogP contribution in [0.5, 0.6) is 0 Å². The number of aryl methyl sites for hydroxylation is 2. The van der Waals surface area contributed by atoms with E-state index in [2.05, 4.69) is 34.7 Å². The van der Waals surface area contributed by atoms with Gasteiger partial charge in [0.25, 0.3) is 5.56 Å². The smallest absolute Gasteiger partial charge is 0.270 e. The number of fused-ring (bicyclic) bond motifs is 2. The maximum Gasteiger partial charge on any atom is 0.270 e. The molecule has 30 heavy (non-hydrogen) atoms. The van der Waals surface area contributed by atoms with E-state index < -0.39 is 0 Å². The molecule has 0 N–H and O–H groups in total. The highest BCUT2D eigenvalue weighted by Gasteiger charge is 2.28. The highest BCUT2D eigenvalue weighted by Crippen LogP contribution is 2.35. The normalized spacial score (nSPS) is 15.0. The summed E-state index contributed by atoms with van der Waals surface area (Å²) in [4.78, 5) is 19.9. The first-order valence-electron chi connectivity index (χ1n) is 10.3. The molecule has 2 aromatic carbocycles. The Labute approximate surface area is 174 Å². The van der Waals surface area contributed by atoms with E-state index in [0.717, 1.165) is 59.4 Å². The van der Waals surface area contributed by atoms with Crippen LogP contribution in [-0.4, -0.2) is 27.2 Å². The number of piperidine rings is 1. The number of pyridine rings is 1. The molecular formula is C24H23N5O. The largest absolute Gasteiger partial charge is 0.370 e. The van der Waals surface area contributed by atoms with Gasteiger partial charge >= 0.3 is 0 Å². The SMILES string of the molecule is Cn1c(C2CCN(c3c(C#N)c(=O)n(C)c4ccccc34)CC2)nc2ccccc21. The molecule has 0 aliphatic carbocycles. The summed E-state index contributed by atoms with van der Waals surface area (Å²) >= 11 is 0. The Bertz CT molecular complexity index is 1370. The van der Waals surface area contributed by atoms with E-state index in [4.69, 9.17) is 4.98 Å². The van der Waals surface area contributed by atoms with Crippen LogP contribution < -0.4 is 10.5 Å². The van der Waals surface area contributed by atoms with Crippen molar-refractivity contribution in [1.29, 1.82) is 5.26 Å². The van der Waals surface area contributed by atoms with Crippen molar-refractivity contribution in [3.05, 3.63) is 70.3 Å². The highest BCUT2D eigenvalue weighted by atomic mass is 16.1. The van der Waals surface area contributed by atoms with Gasteiger partial charge in [0, 0.05) is 38.5 Å². The minimum absolute atomic E-state index is 0.233. The van der Waals surface area contributed by atoms with Crippen molar-refractivity contribution >= 4 is 27.6 Å². The van der Waals surface area contributed by atoms with Gasteiger partial charge in [-0.15, -0.1) is 0 Å². The third-order valence-corrected chi connectivity index (χ3v) is 6.39. The molecule has 6 nitrogen and oxygen atoms in total. The van der Waals surface area contributed by atoms with Gasteiger partial charge in [-0.05, 0) is 31.0 Å². The zero-order valence-electron chi connectivity index (χ0n) is 17.2. The quantitative estimate of drug-likeness (QED) is 0.517. The van der Waals surface area contributed by atoms with Crippen LogP contribution in [0.1, 0.15) is 30.1 Å². The number of aromatic nitrogens is 3. The minimum atomic E-state index is -0.233. The molecule has 0 amide bonds. The van der Waals surface area contributed by atoms with Gasteiger partial charge < -0.3 is 14.0 Å². The van der Waals surface area contributed by atoms with Gasteiger partial charge in [0.05, 0.1) is 22.2 Å². The molecule has 4 aromatic rings. The van der Waals surface area contributed by atoms with Crippen LogP contribution in [0.2, 0.25) is 0 Å². The van der Waals surface area contributed by atoms with Crippen molar-refractivity contribution < 1.29 is 0 Å². The van der Waals surface area contributed by atoms with E-state index in [-0.39, 0.29) is 11.1 Å². The first-order valence-corrected chi connectivity index (χ1v) is 10.3. The predicted octanol–water partition coefficient (Wildman–Crippen LogP) is 3.68. The fourth-order valence-corrected chi connectivity index (χ4v) is 4.80. The zero-order chi connectivity index (χ0) is 20.8. The van der Waals surface area contributed by atoms with Crippen LogP contribution >= 0.6 is 0 Å². The summed E-state index contributed by atoms with van der Waals surface area (Å²) in [5, 5.41) is 10.7. The van der Waals surface area contributed by atoms with Crippen LogP contribution in [0.3, 0.4) is 0 Å². The molecule has 0 unspecified atom stereocenters. The molecule has 150 valence electrons. The number of nitrogens with zero attached hydrogens (tertiary/aromatic N) is 5. The second-order valence-electron chi connectivity index (χ2n) is 8.00. The molecular weight excluding hydrogens is 374 g/mol. The summed E-state index contributed by atoms with van der Waals surface area (Å²) < 4.78 is 3.77. The zero-order valence-corrected chi connectivity index (χ0v) is 17.2. The Morgan fingerprint density at radius 2 is 1.63 bits per heavy atom. The standard InChI is InChI=1S/C24H23N5O/c1-27-21-10-6-4-8-19(21)26-23(27)16-11-13-29(14-12-16)22-17-7-3-5-9-20(17)28(2)24(30)18(22)15-25/h3-10,16H,11-14H2,1-2H3. The average Bonchev–Trinajstić information content (AvgIpc) is 3.13. The molecule has 1 fully saturated rings. The van der Waals surface area contributed by atoms with Crippen molar-refractivity contribution in [2.75, 3.05) is 18.0 Å². The summed E-state index contributed by atoms with van der Waals surface area (Å²) in [5.74, 6) is 1.48. The lowest BCUT2D eigenvalue weighted by Gasteiger charge is -2.34. The fourth-order valence-electron chi connectivity index (χ4n) is 4.80. The third kappa shape index (κ3) is 2.70. The highest BCUT2D eigenvalue weighted by molar-refractivity contribution is 5.95. The van der Waals surface area contributed by atoms with Crippen molar-refractivity contribution in [3.8, 4) is 6.07 Å². The molecule has 6 heteroatoms. The number of imidazole rings is 1. The molecule has 1 aliphatic rings. The number of hydrogen-bond acceptors (Lipinski definition) is 4. The van der Waals surface area contributed by atoms with Crippen LogP contribution in [0.4, 0.5) is 5.69 Å². The average molecular weight is 397 g/mol. The van der Waals surface area contributed by atoms with Gasteiger partial charge in [0.1, 0.15) is 17.5 Å². The summed E-state index contributed by atoms with van der Waals surface area (Å²) in [6.45, 7) is 1.58. The Morgan fingerprint density at radius 3 is 2.33 bits per heavy atom. The van der Waals surface area contributed by atoms with Crippen molar-refractivity contribution in [2.45, 2.75) is 18.8 Å². The third-order valence-electron chi connectivity index (χ3n) is 6.39. The molecule has 0 bridgehead atoms. The molecule has 0 spiro atoms. The van der Waals surface area contributed by atoms with Crippen molar-refractivity contribution in [2.24, 2.45) is 14.1 Å². The molecule has 1 saturated heterocycles. The van der Waals surface area contributed by atoms with E-state index in [0.29, 0.717) is 5.92 Å².